The Kier molecular flexibility index (Phi) is 4.63. The van der Waals surface area contributed by atoms with Crippen molar-refractivity contribution < 1.29 is 13.2 Å². The number of nitrogens with one attached hydrogen (secondary N) is 1. The van der Waals surface area contributed by atoms with Gasteiger partial charge in [-0.3, -0.25) is 4.79 Å². The predicted octanol–water partition coefficient (Wildman–Crippen LogP) is 2.60. The number of carbonyl (C=O) groups excluding carboxylic acids is 1. The fraction of sp³-hybridized carbons (Fsp3) is 0.188. The highest BCUT2D eigenvalue weighted by Crippen LogP contribution is 2.27. The molecule has 0 fully saturated rings. The molecule has 0 aliphatic carbocycles. The average Bonchev–Trinajstić information content (AvgIpc) is 2.47. The van der Waals surface area contributed by atoms with Crippen molar-refractivity contribution in [3.05, 3.63) is 48.5 Å². The molecule has 0 saturated heterocycles. The standard InChI is InChI=1S/C16H18N2O3S/c1-11(2)16(19)18-13-9-7-12(8-10-13)14-5-3-4-6-15(14)22(17,20)21/h3-11H,1-2H3,(H,18,19)(H2,17,20,21). The van der Waals surface area contributed by atoms with E-state index in [0.717, 1.165) is 0 Å². The second kappa shape index (κ2) is 6.29. The van der Waals surface area contributed by atoms with E-state index >= 15 is 0 Å². The van der Waals surface area contributed by atoms with E-state index in [1.807, 2.05) is 13.8 Å². The summed E-state index contributed by atoms with van der Waals surface area (Å²) in [7, 11) is -3.79. The summed E-state index contributed by atoms with van der Waals surface area (Å²) in [6, 6.07) is 13.5. The van der Waals surface area contributed by atoms with Crippen molar-refractivity contribution in [3.8, 4) is 11.1 Å². The van der Waals surface area contributed by atoms with Crippen molar-refractivity contribution in [2.24, 2.45) is 11.1 Å². The van der Waals surface area contributed by atoms with Crippen LogP contribution in [-0.4, -0.2) is 14.3 Å². The van der Waals surface area contributed by atoms with Gasteiger partial charge in [0, 0.05) is 17.2 Å². The molecule has 0 atom stereocenters. The van der Waals surface area contributed by atoms with Crippen molar-refractivity contribution in [1.29, 1.82) is 0 Å². The van der Waals surface area contributed by atoms with E-state index in [-0.39, 0.29) is 16.7 Å². The molecular formula is C16H18N2O3S. The summed E-state index contributed by atoms with van der Waals surface area (Å²) in [6.45, 7) is 3.62. The highest BCUT2D eigenvalue weighted by Gasteiger charge is 2.14. The van der Waals surface area contributed by atoms with E-state index in [1.54, 1.807) is 42.5 Å². The maximum atomic E-state index is 11.6. The normalized spacial score (nSPS) is 11.5. The van der Waals surface area contributed by atoms with Crippen LogP contribution in [0.25, 0.3) is 11.1 Å². The Hall–Kier alpha value is -2.18. The van der Waals surface area contributed by atoms with Crippen LogP contribution in [0.1, 0.15) is 13.8 Å². The van der Waals surface area contributed by atoms with Crippen LogP contribution in [0.2, 0.25) is 0 Å². The van der Waals surface area contributed by atoms with E-state index in [2.05, 4.69) is 5.32 Å². The molecule has 22 heavy (non-hydrogen) atoms. The van der Waals surface area contributed by atoms with Gasteiger partial charge in [-0.2, -0.15) is 0 Å². The van der Waals surface area contributed by atoms with E-state index in [1.165, 1.54) is 6.07 Å². The van der Waals surface area contributed by atoms with Gasteiger partial charge in [0.1, 0.15) is 0 Å². The monoisotopic (exact) mass is 318 g/mol. The van der Waals surface area contributed by atoms with Crippen LogP contribution in [0, 0.1) is 5.92 Å². The highest BCUT2D eigenvalue weighted by atomic mass is 32.2. The number of anilines is 1. The Balaban J connectivity index is 2.35. The van der Waals surface area contributed by atoms with Gasteiger partial charge in [-0.25, -0.2) is 13.6 Å². The summed E-state index contributed by atoms with van der Waals surface area (Å²) in [5.41, 5.74) is 1.91. The van der Waals surface area contributed by atoms with Crippen LogP contribution in [0.4, 0.5) is 5.69 Å². The number of amides is 1. The van der Waals surface area contributed by atoms with Gasteiger partial charge in [0.15, 0.2) is 0 Å². The Morgan fingerprint density at radius 3 is 2.18 bits per heavy atom. The lowest BCUT2D eigenvalue weighted by atomic mass is 10.1. The molecule has 2 aromatic rings. The van der Waals surface area contributed by atoms with Gasteiger partial charge in [0.2, 0.25) is 15.9 Å². The zero-order valence-electron chi connectivity index (χ0n) is 12.4. The smallest absolute Gasteiger partial charge is 0.238 e. The molecule has 0 spiro atoms. The van der Waals surface area contributed by atoms with Gasteiger partial charge >= 0.3 is 0 Å². The number of sulfonamides is 1. The van der Waals surface area contributed by atoms with Crippen molar-refractivity contribution in [2.75, 3.05) is 5.32 Å². The zero-order valence-corrected chi connectivity index (χ0v) is 13.2. The molecular weight excluding hydrogens is 300 g/mol. The SMILES string of the molecule is CC(C)C(=O)Nc1ccc(-c2ccccc2S(N)(=O)=O)cc1. The summed E-state index contributed by atoms with van der Waals surface area (Å²) in [5.74, 6) is -0.180. The van der Waals surface area contributed by atoms with Gasteiger partial charge in [-0.1, -0.05) is 44.2 Å². The molecule has 116 valence electrons. The number of benzene rings is 2. The van der Waals surface area contributed by atoms with Gasteiger partial charge in [-0.15, -0.1) is 0 Å². The number of primary sulfonamides is 1. The van der Waals surface area contributed by atoms with Crippen molar-refractivity contribution >= 4 is 21.6 Å². The topological polar surface area (TPSA) is 89.3 Å². The molecule has 0 bridgehead atoms. The second-order valence-corrected chi connectivity index (χ2v) is 6.79. The molecule has 0 radical (unpaired) electrons. The minimum absolute atomic E-state index is 0.0716. The van der Waals surface area contributed by atoms with Crippen LogP contribution in [-0.2, 0) is 14.8 Å². The fourth-order valence-electron chi connectivity index (χ4n) is 1.97. The summed E-state index contributed by atoms with van der Waals surface area (Å²) < 4.78 is 23.3. The molecule has 2 rings (SSSR count). The van der Waals surface area contributed by atoms with Crippen LogP contribution in [0.15, 0.2) is 53.4 Å². The Bertz CT molecular complexity index is 781. The number of nitrogens with two attached hydrogens (primary N) is 1. The van der Waals surface area contributed by atoms with Crippen molar-refractivity contribution in [1.82, 2.24) is 0 Å². The third kappa shape index (κ3) is 3.72. The zero-order chi connectivity index (χ0) is 16.3. The number of hydrogen-bond donors (Lipinski definition) is 2. The lowest BCUT2D eigenvalue weighted by Crippen LogP contribution is -2.17. The van der Waals surface area contributed by atoms with Gasteiger partial charge < -0.3 is 5.32 Å². The quantitative estimate of drug-likeness (QED) is 0.908. The minimum Gasteiger partial charge on any atom is -0.326 e. The molecule has 3 N–H and O–H groups in total. The number of rotatable bonds is 4. The predicted molar refractivity (Wildman–Crippen MR) is 86.7 cm³/mol. The van der Waals surface area contributed by atoms with Gasteiger partial charge in [0.25, 0.3) is 0 Å². The Labute approximate surface area is 130 Å². The molecule has 6 heteroatoms. The lowest BCUT2D eigenvalue weighted by molar-refractivity contribution is -0.118. The van der Waals surface area contributed by atoms with Gasteiger partial charge in [-0.05, 0) is 23.8 Å². The van der Waals surface area contributed by atoms with Crippen molar-refractivity contribution in [3.63, 3.8) is 0 Å². The first-order valence-electron chi connectivity index (χ1n) is 6.82. The molecule has 0 aliphatic rings. The average molecular weight is 318 g/mol. The van der Waals surface area contributed by atoms with Crippen LogP contribution >= 0.6 is 0 Å². The molecule has 0 unspecified atom stereocenters. The second-order valence-electron chi connectivity index (χ2n) is 5.26. The summed E-state index contributed by atoms with van der Waals surface area (Å²) >= 11 is 0. The molecule has 5 nitrogen and oxygen atoms in total. The molecule has 2 aromatic carbocycles. The van der Waals surface area contributed by atoms with E-state index in [9.17, 15) is 13.2 Å². The lowest BCUT2D eigenvalue weighted by Gasteiger charge is -2.10. The number of hydrogen-bond acceptors (Lipinski definition) is 3. The Morgan fingerprint density at radius 1 is 1.05 bits per heavy atom. The van der Waals surface area contributed by atoms with E-state index in [0.29, 0.717) is 16.8 Å². The number of carbonyl (C=O) groups is 1. The molecule has 0 heterocycles. The van der Waals surface area contributed by atoms with Crippen LogP contribution in [0.3, 0.4) is 0 Å². The fourth-order valence-corrected chi connectivity index (χ4v) is 2.73. The highest BCUT2D eigenvalue weighted by molar-refractivity contribution is 7.89. The Morgan fingerprint density at radius 2 is 1.64 bits per heavy atom. The molecule has 0 saturated carbocycles. The third-order valence-corrected chi connectivity index (χ3v) is 4.15. The summed E-state index contributed by atoms with van der Waals surface area (Å²) in [5, 5.41) is 8.02. The van der Waals surface area contributed by atoms with E-state index in [4.69, 9.17) is 5.14 Å². The maximum absolute atomic E-state index is 11.6. The third-order valence-electron chi connectivity index (χ3n) is 3.18. The molecule has 0 aromatic heterocycles. The molecule has 1 amide bonds. The largest absolute Gasteiger partial charge is 0.326 e. The molecule has 0 aliphatic heterocycles. The summed E-state index contributed by atoms with van der Waals surface area (Å²) in [6.07, 6.45) is 0. The van der Waals surface area contributed by atoms with E-state index < -0.39 is 10.0 Å². The first-order valence-corrected chi connectivity index (χ1v) is 8.37. The first-order chi connectivity index (χ1) is 10.3. The summed E-state index contributed by atoms with van der Waals surface area (Å²) in [4.78, 5) is 11.7. The minimum atomic E-state index is -3.79. The first kappa shape index (κ1) is 16.2. The van der Waals surface area contributed by atoms with Gasteiger partial charge in [0.05, 0.1) is 4.90 Å². The maximum Gasteiger partial charge on any atom is 0.238 e. The van der Waals surface area contributed by atoms with Crippen molar-refractivity contribution in [2.45, 2.75) is 18.7 Å². The van der Waals surface area contributed by atoms with Crippen LogP contribution in [0.5, 0.6) is 0 Å². The van der Waals surface area contributed by atoms with Crippen LogP contribution < -0.4 is 10.5 Å².